The smallest absolute Gasteiger partial charge is 0.164 e. The van der Waals surface area contributed by atoms with Crippen LogP contribution in [0.3, 0.4) is 0 Å². The summed E-state index contributed by atoms with van der Waals surface area (Å²) in [5.41, 5.74) is 10.0. The largest absolute Gasteiger partial charge is 0.456 e. The van der Waals surface area contributed by atoms with E-state index in [2.05, 4.69) is 144 Å². The molecule has 5 nitrogen and oxygen atoms in total. The molecule has 0 fully saturated rings. The second-order valence-corrected chi connectivity index (χ2v) is 16.6. The average Bonchev–Trinajstić information content (AvgIpc) is 4.01. The summed E-state index contributed by atoms with van der Waals surface area (Å²) in [6.07, 6.45) is 0. The summed E-state index contributed by atoms with van der Waals surface area (Å²) in [5, 5.41) is 9.76. The molecule has 6 heteroatoms. The number of hydrogen-bond acceptors (Lipinski definition) is 5. The van der Waals surface area contributed by atoms with Crippen molar-refractivity contribution in [2.75, 3.05) is 0 Å². The first kappa shape index (κ1) is 34.0. The molecular formula is C55H32N4OS. The van der Waals surface area contributed by atoms with Gasteiger partial charge in [0.2, 0.25) is 0 Å². The van der Waals surface area contributed by atoms with E-state index in [1.165, 1.54) is 52.8 Å². The van der Waals surface area contributed by atoms with Gasteiger partial charge in [0.1, 0.15) is 11.2 Å². The van der Waals surface area contributed by atoms with Crippen molar-refractivity contribution in [3.8, 4) is 51.0 Å². The maximum absolute atomic E-state index is 6.29. The molecule has 0 amide bonds. The predicted molar refractivity (Wildman–Crippen MR) is 254 cm³/mol. The number of thiophene rings is 1. The maximum Gasteiger partial charge on any atom is 0.164 e. The second kappa shape index (κ2) is 13.3. The maximum atomic E-state index is 6.29. The topological polar surface area (TPSA) is 56.7 Å². The SMILES string of the molecule is c1ccc(-c2nc(-c3cccc(-n4c5ccccc5c5cccc(-c6ccc7c(c6)sc6ccc8ccccc8c67)c54)c3)nc(-c3ccc4c(c3)oc3ccccc34)n2)cc1. The Morgan fingerprint density at radius 1 is 0.393 bits per heavy atom. The first-order chi connectivity index (χ1) is 30.2. The monoisotopic (exact) mass is 796 g/mol. The van der Waals surface area contributed by atoms with Crippen LogP contribution in [0, 0.1) is 0 Å². The van der Waals surface area contributed by atoms with E-state index in [1.807, 2.05) is 65.9 Å². The van der Waals surface area contributed by atoms with Crippen molar-refractivity contribution in [3.63, 3.8) is 0 Å². The van der Waals surface area contributed by atoms with Gasteiger partial charge in [0.05, 0.1) is 11.0 Å². The van der Waals surface area contributed by atoms with E-state index in [-0.39, 0.29) is 0 Å². The van der Waals surface area contributed by atoms with Gasteiger partial charge in [-0.1, -0.05) is 146 Å². The minimum atomic E-state index is 0.584. The van der Waals surface area contributed by atoms with Gasteiger partial charge in [0.15, 0.2) is 17.5 Å². The highest BCUT2D eigenvalue weighted by atomic mass is 32.1. The van der Waals surface area contributed by atoms with Crippen LogP contribution in [0.25, 0.3) is 126 Å². The summed E-state index contributed by atoms with van der Waals surface area (Å²) in [6.45, 7) is 0. The Morgan fingerprint density at radius 2 is 1.05 bits per heavy atom. The normalized spacial score (nSPS) is 11.9. The standard InChI is InChI=1S/C55H32N4OS/c1-2-13-34(14-3-1)53-56-54(58-55(57-53)37-25-27-43-42-19-7-9-23-47(42)60-48(43)31-37)36-15-10-16-38(30-36)59-46-22-8-6-18-41(46)44-21-11-20-40(52(44)59)35-24-28-45-50(32-35)61-49-29-26-33-12-4-5-17-39(33)51(45)49/h1-32H. The number of fused-ring (bicyclic) bond motifs is 11. The fourth-order valence-electron chi connectivity index (χ4n) is 9.23. The van der Waals surface area contributed by atoms with Crippen molar-refractivity contribution in [1.29, 1.82) is 0 Å². The lowest BCUT2D eigenvalue weighted by atomic mass is 9.99. The van der Waals surface area contributed by atoms with Crippen LogP contribution < -0.4 is 0 Å². The van der Waals surface area contributed by atoms with Crippen molar-refractivity contribution in [1.82, 2.24) is 19.5 Å². The predicted octanol–water partition coefficient (Wildman–Crippen LogP) is 15.1. The lowest BCUT2D eigenvalue weighted by Crippen LogP contribution is -2.01. The van der Waals surface area contributed by atoms with Crippen LogP contribution in [0.4, 0.5) is 0 Å². The average molecular weight is 797 g/mol. The zero-order valence-electron chi connectivity index (χ0n) is 32.6. The minimum absolute atomic E-state index is 0.584. The van der Waals surface area contributed by atoms with Crippen LogP contribution in [0.15, 0.2) is 199 Å². The molecule has 0 N–H and O–H groups in total. The Kier molecular flexibility index (Phi) is 7.41. The molecule has 0 saturated carbocycles. The number of furan rings is 1. The summed E-state index contributed by atoms with van der Waals surface area (Å²) < 4.78 is 11.3. The van der Waals surface area contributed by atoms with Gasteiger partial charge in [-0.25, -0.2) is 15.0 Å². The van der Waals surface area contributed by atoms with Crippen LogP contribution in [0.5, 0.6) is 0 Å². The van der Waals surface area contributed by atoms with E-state index < -0.39 is 0 Å². The van der Waals surface area contributed by atoms with Crippen molar-refractivity contribution < 1.29 is 4.42 Å². The third kappa shape index (κ3) is 5.36. The molecule has 0 atom stereocenters. The first-order valence-corrected chi connectivity index (χ1v) is 21.2. The van der Waals surface area contributed by atoms with Crippen LogP contribution in [-0.4, -0.2) is 19.5 Å². The number of aromatic nitrogens is 4. The Morgan fingerprint density at radius 3 is 1.93 bits per heavy atom. The fourth-order valence-corrected chi connectivity index (χ4v) is 10.4. The molecule has 0 spiro atoms. The van der Waals surface area contributed by atoms with Gasteiger partial charge in [-0.3, -0.25) is 0 Å². The molecule has 13 rings (SSSR count). The van der Waals surface area contributed by atoms with Gasteiger partial charge in [0.25, 0.3) is 0 Å². The third-order valence-electron chi connectivity index (χ3n) is 12.0. The summed E-state index contributed by atoms with van der Waals surface area (Å²) in [7, 11) is 0. The molecule has 0 radical (unpaired) electrons. The number of hydrogen-bond donors (Lipinski definition) is 0. The van der Waals surface area contributed by atoms with E-state index >= 15 is 0 Å². The molecule has 13 aromatic rings. The number of nitrogens with zero attached hydrogens (tertiary/aromatic N) is 4. The van der Waals surface area contributed by atoms with E-state index in [1.54, 1.807) is 0 Å². The second-order valence-electron chi connectivity index (χ2n) is 15.6. The lowest BCUT2D eigenvalue weighted by molar-refractivity contribution is 0.669. The number of benzene rings is 9. The zero-order valence-corrected chi connectivity index (χ0v) is 33.4. The van der Waals surface area contributed by atoms with Crippen LogP contribution >= 0.6 is 11.3 Å². The Bertz CT molecular complexity index is 3900. The first-order valence-electron chi connectivity index (χ1n) is 20.4. The van der Waals surface area contributed by atoms with E-state index in [0.717, 1.165) is 55.3 Å². The van der Waals surface area contributed by atoms with Crippen molar-refractivity contribution >= 4 is 86.0 Å². The molecule has 284 valence electrons. The Labute approximate surface area is 353 Å². The lowest BCUT2D eigenvalue weighted by Gasteiger charge is -2.14. The number of para-hydroxylation sites is 3. The molecule has 0 bridgehead atoms. The highest BCUT2D eigenvalue weighted by molar-refractivity contribution is 7.26. The van der Waals surface area contributed by atoms with Gasteiger partial charge < -0.3 is 8.98 Å². The van der Waals surface area contributed by atoms with Gasteiger partial charge >= 0.3 is 0 Å². The molecule has 9 aromatic carbocycles. The summed E-state index contributed by atoms with van der Waals surface area (Å²) in [6, 6.07) is 68.6. The van der Waals surface area contributed by atoms with Gasteiger partial charge in [-0.15, -0.1) is 11.3 Å². The minimum Gasteiger partial charge on any atom is -0.456 e. The quantitative estimate of drug-likeness (QED) is 0.174. The van der Waals surface area contributed by atoms with E-state index in [4.69, 9.17) is 19.4 Å². The van der Waals surface area contributed by atoms with Crippen molar-refractivity contribution in [2.45, 2.75) is 0 Å². The molecule has 4 heterocycles. The molecule has 0 aliphatic rings. The fraction of sp³-hybridized carbons (Fsp3) is 0. The molecule has 0 unspecified atom stereocenters. The summed E-state index contributed by atoms with van der Waals surface area (Å²) in [4.78, 5) is 15.3. The molecule has 0 aliphatic carbocycles. The van der Waals surface area contributed by atoms with Crippen molar-refractivity contribution in [3.05, 3.63) is 194 Å². The van der Waals surface area contributed by atoms with E-state index in [0.29, 0.717) is 17.5 Å². The van der Waals surface area contributed by atoms with Crippen LogP contribution in [0.2, 0.25) is 0 Å². The molecule has 0 aliphatic heterocycles. The molecule has 61 heavy (non-hydrogen) atoms. The Hall–Kier alpha value is -7.93. The summed E-state index contributed by atoms with van der Waals surface area (Å²) >= 11 is 1.87. The highest BCUT2D eigenvalue weighted by Crippen LogP contribution is 2.43. The third-order valence-corrected chi connectivity index (χ3v) is 13.2. The van der Waals surface area contributed by atoms with Crippen molar-refractivity contribution in [2.24, 2.45) is 0 Å². The van der Waals surface area contributed by atoms with E-state index in [9.17, 15) is 0 Å². The summed E-state index contributed by atoms with van der Waals surface area (Å²) in [5.74, 6) is 1.79. The highest BCUT2D eigenvalue weighted by Gasteiger charge is 2.20. The van der Waals surface area contributed by atoms with Gasteiger partial charge in [-0.05, 0) is 64.9 Å². The zero-order chi connectivity index (χ0) is 40.0. The molecule has 4 aromatic heterocycles. The Balaban J connectivity index is 0.991. The molecule has 0 saturated heterocycles. The van der Waals surface area contributed by atoms with Gasteiger partial charge in [-0.2, -0.15) is 0 Å². The van der Waals surface area contributed by atoms with Crippen LogP contribution in [0.1, 0.15) is 0 Å². The van der Waals surface area contributed by atoms with Gasteiger partial charge in [0, 0.05) is 69.7 Å². The number of rotatable bonds is 5. The molecular weight excluding hydrogens is 765 g/mol. The van der Waals surface area contributed by atoms with Crippen LogP contribution in [-0.2, 0) is 0 Å².